The molecule has 1 atom stereocenters. The summed E-state index contributed by atoms with van der Waals surface area (Å²) in [6.07, 6.45) is 0.726. The number of methoxy groups -OCH3 is 2. The van der Waals surface area contributed by atoms with Crippen molar-refractivity contribution in [1.82, 2.24) is 0 Å². The average molecular weight is 497 g/mol. The van der Waals surface area contributed by atoms with Gasteiger partial charge in [-0.15, -0.1) is 0 Å². The van der Waals surface area contributed by atoms with E-state index in [-0.39, 0.29) is 33.8 Å². The largest absolute Gasteiger partial charge is 0.465 e. The molecule has 5 rings (SSSR count). The highest BCUT2D eigenvalue weighted by Gasteiger charge is 2.53. The molecule has 0 N–H and O–H groups in total. The van der Waals surface area contributed by atoms with Crippen molar-refractivity contribution in [2.75, 3.05) is 19.1 Å². The van der Waals surface area contributed by atoms with Gasteiger partial charge in [-0.3, -0.25) is 4.79 Å². The molecule has 188 valence electrons. The third kappa shape index (κ3) is 3.82. The molecular formula is C30H28N2O5. The fourth-order valence-corrected chi connectivity index (χ4v) is 5.81. The van der Waals surface area contributed by atoms with Gasteiger partial charge in [0.05, 0.1) is 36.7 Å². The number of carbonyl (C=O) groups is 3. The van der Waals surface area contributed by atoms with Crippen LogP contribution in [0.5, 0.6) is 0 Å². The predicted octanol–water partition coefficient (Wildman–Crippen LogP) is 5.22. The molecule has 0 unspecified atom stereocenters. The minimum atomic E-state index is -0.619. The molecule has 0 saturated carbocycles. The summed E-state index contributed by atoms with van der Waals surface area (Å²) in [5.74, 6) is -1.45. The summed E-state index contributed by atoms with van der Waals surface area (Å²) in [6.45, 7) is 6.36. The Morgan fingerprint density at radius 3 is 2.08 bits per heavy atom. The van der Waals surface area contributed by atoms with Crippen LogP contribution < -0.4 is 4.90 Å². The second kappa shape index (κ2) is 8.69. The van der Waals surface area contributed by atoms with Crippen LogP contribution in [0, 0.1) is 0 Å². The minimum Gasteiger partial charge on any atom is -0.465 e. The summed E-state index contributed by atoms with van der Waals surface area (Å²) in [6, 6.07) is 20.7. The summed E-state index contributed by atoms with van der Waals surface area (Å²) in [7, 11) is 2.52. The van der Waals surface area contributed by atoms with E-state index in [0.29, 0.717) is 0 Å². The second-order valence-electron chi connectivity index (χ2n) is 10.2. The number of anilines is 1. The van der Waals surface area contributed by atoms with Crippen molar-refractivity contribution in [2.45, 2.75) is 38.1 Å². The van der Waals surface area contributed by atoms with Crippen molar-refractivity contribution in [3.05, 3.63) is 94.5 Å². The molecule has 2 aliphatic heterocycles. The van der Waals surface area contributed by atoms with Crippen LogP contribution in [0.3, 0.4) is 0 Å². The Balaban J connectivity index is 1.72. The van der Waals surface area contributed by atoms with Crippen molar-refractivity contribution in [3.8, 4) is 0 Å². The molecule has 0 aromatic heterocycles. The topological polar surface area (TPSA) is 85.3 Å². The lowest BCUT2D eigenvalue weighted by atomic mass is 9.65. The van der Waals surface area contributed by atoms with E-state index in [4.69, 9.17) is 14.5 Å². The Morgan fingerprint density at radius 2 is 1.49 bits per heavy atom. The third-order valence-corrected chi connectivity index (χ3v) is 7.32. The fourth-order valence-electron chi connectivity index (χ4n) is 5.81. The Bertz CT molecular complexity index is 1440. The van der Waals surface area contributed by atoms with Crippen molar-refractivity contribution in [3.63, 3.8) is 0 Å². The number of amides is 1. The molecule has 0 spiro atoms. The zero-order chi connectivity index (χ0) is 26.5. The van der Waals surface area contributed by atoms with Crippen molar-refractivity contribution in [2.24, 2.45) is 4.99 Å². The average Bonchev–Trinajstić information content (AvgIpc) is 3.19. The molecule has 1 amide bonds. The van der Waals surface area contributed by atoms with Gasteiger partial charge in [-0.25, -0.2) is 14.6 Å². The van der Waals surface area contributed by atoms with Crippen LogP contribution in [0.25, 0.3) is 0 Å². The van der Waals surface area contributed by atoms with Gasteiger partial charge in [-0.2, -0.15) is 0 Å². The van der Waals surface area contributed by atoms with Crippen LogP contribution in [0.2, 0.25) is 0 Å². The molecule has 0 radical (unpaired) electrons. The molecule has 3 aromatic rings. The highest BCUT2D eigenvalue weighted by molar-refractivity contribution is 6.55. The van der Waals surface area contributed by atoms with Gasteiger partial charge in [0.2, 0.25) is 0 Å². The molecular weight excluding hydrogens is 468 g/mol. The van der Waals surface area contributed by atoms with Crippen LogP contribution in [-0.4, -0.2) is 43.3 Å². The van der Waals surface area contributed by atoms with Gasteiger partial charge in [-0.1, -0.05) is 55.5 Å². The van der Waals surface area contributed by atoms with Crippen molar-refractivity contribution < 1.29 is 23.9 Å². The first-order chi connectivity index (χ1) is 17.6. The molecule has 2 aliphatic rings. The lowest BCUT2D eigenvalue weighted by Gasteiger charge is -2.49. The first kappa shape index (κ1) is 24.4. The SMILES string of the molecule is COC(=O)c1cc(N=C2C(=O)N3c4c2cccc4[C@@](C)(c2ccccc2)CC3(C)C)cc(C(=O)OC)c1. The van der Waals surface area contributed by atoms with E-state index in [0.717, 1.165) is 23.2 Å². The lowest BCUT2D eigenvalue weighted by molar-refractivity contribution is -0.113. The Labute approximate surface area is 215 Å². The Kier molecular flexibility index (Phi) is 5.74. The third-order valence-electron chi connectivity index (χ3n) is 7.32. The Morgan fingerprint density at radius 1 is 0.865 bits per heavy atom. The molecule has 2 heterocycles. The molecule has 37 heavy (non-hydrogen) atoms. The number of benzene rings is 3. The van der Waals surface area contributed by atoms with E-state index in [2.05, 4.69) is 39.0 Å². The van der Waals surface area contributed by atoms with Gasteiger partial charge in [0, 0.05) is 16.5 Å². The highest BCUT2D eigenvalue weighted by Crippen LogP contribution is 2.54. The normalized spacial score (nSPS) is 20.5. The number of hydrogen-bond acceptors (Lipinski definition) is 6. The lowest BCUT2D eigenvalue weighted by Crippen LogP contribution is -2.54. The van der Waals surface area contributed by atoms with Gasteiger partial charge in [-0.05, 0) is 49.6 Å². The van der Waals surface area contributed by atoms with Gasteiger partial charge in [0.15, 0.2) is 0 Å². The monoisotopic (exact) mass is 496 g/mol. The number of ether oxygens (including phenoxy) is 2. The quantitative estimate of drug-likeness (QED) is 0.463. The van der Waals surface area contributed by atoms with E-state index >= 15 is 0 Å². The second-order valence-corrected chi connectivity index (χ2v) is 10.2. The summed E-state index contributed by atoms with van der Waals surface area (Å²) in [4.78, 5) is 45.0. The van der Waals surface area contributed by atoms with E-state index in [1.807, 2.05) is 35.2 Å². The number of aliphatic imine (C=N–C) groups is 1. The van der Waals surface area contributed by atoms with Crippen LogP contribution >= 0.6 is 0 Å². The Hall–Kier alpha value is -4.26. The molecule has 0 aliphatic carbocycles. The standard InChI is InChI=1S/C30H28N2O5/c1-29(2)17-30(3,20-10-7-6-8-11-20)23-13-9-12-22-24(26(33)32(29)25(22)23)31-21-15-18(27(34)36-4)14-19(16-21)28(35)37-5/h6-16H,17H2,1-5H3/t30-/m1/s1. The van der Waals surface area contributed by atoms with Gasteiger partial charge in [0.25, 0.3) is 5.91 Å². The molecule has 7 heteroatoms. The summed E-state index contributed by atoms with van der Waals surface area (Å²) in [5, 5.41) is 0. The molecule has 0 saturated heterocycles. The van der Waals surface area contributed by atoms with Crippen molar-refractivity contribution in [1.29, 1.82) is 0 Å². The molecule has 0 bridgehead atoms. The highest BCUT2D eigenvalue weighted by atomic mass is 16.5. The van der Waals surface area contributed by atoms with Crippen LogP contribution in [0.1, 0.15) is 64.6 Å². The molecule has 3 aromatic carbocycles. The number of hydrogen-bond donors (Lipinski definition) is 0. The van der Waals surface area contributed by atoms with Gasteiger partial charge >= 0.3 is 11.9 Å². The van der Waals surface area contributed by atoms with Gasteiger partial charge < -0.3 is 14.4 Å². The fraction of sp³-hybridized carbons (Fsp3) is 0.267. The van der Waals surface area contributed by atoms with Crippen molar-refractivity contribution >= 4 is 34.9 Å². The number of nitrogens with zero attached hydrogens (tertiary/aromatic N) is 2. The van der Waals surface area contributed by atoms with Gasteiger partial charge in [0.1, 0.15) is 5.71 Å². The molecule has 7 nitrogen and oxygen atoms in total. The van der Waals surface area contributed by atoms with Crippen LogP contribution in [0.15, 0.2) is 71.7 Å². The maximum atomic E-state index is 13.9. The zero-order valence-corrected chi connectivity index (χ0v) is 21.5. The number of rotatable bonds is 4. The first-order valence-corrected chi connectivity index (χ1v) is 12.0. The molecule has 0 fully saturated rings. The minimum absolute atomic E-state index is 0.141. The summed E-state index contributed by atoms with van der Waals surface area (Å²) < 4.78 is 9.69. The maximum absolute atomic E-state index is 13.9. The zero-order valence-electron chi connectivity index (χ0n) is 21.5. The number of carbonyl (C=O) groups excluding carboxylic acids is 3. The van der Waals surface area contributed by atoms with Crippen LogP contribution in [-0.2, 0) is 19.7 Å². The summed E-state index contributed by atoms with van der Waals surface area (Å²) in [5.41, 5.74) is 3.84. The summed E-state index contributed by atoms with van der Waals surface area (Å²) >= 11 is 0. The number of para-hydroxylation sites is 1. The maximum Gasteiger partial charge on any atom is 0.337 e. The number of esters is 2. The van der Waals surface area contributed by atoms with E-state index in [9.17, 15) is 14.4 Å². The van der Waals surface area contributed by atoms with E-state index in [1.165, 1.54) is 38.0 Å². The van der Waals surface area contributed by atoms with Crippen LogP contribution in [0.4, 0.5) is 11.4 Å². The van der Waals surface area contributed by atoms with E-state index < -0.39 is 17.5 Å². The smallest absolute Gasteiger partial charge is 0.337 e. The first-order valence-electron chi connectivity index (χ1n) is 12.0. The van der Waals surface area contributed by atoms with E-state index in [1.54, 1.807) is 0 Å². The predicted molar refractivity (Wildman–Crippen MR) is 141 cm³/mol.